The molecule has 96 valence electrons. The van der Waals surface area contributed by atoms with Crippen molar-refractivity contribution in [3.63, 3.8) is 0 Å². The molecule has 1 saturated heterocycles. The van der Waals surface area contributed by atoms with Crippen LogP contribution in [0, 0.1) is 5.82 Å². The molecule has 1 aliphatic heterocycles. The van der Waals surface area contributed by atoms with Gasteiger partial charge >= 0.3 is 5.97 Å². The molecule has 1 heterocycles. The molecular formula is C12H11ClFNO3. The number of carbonyl (C=O) groups excluding carboxylic acids is 1. The first kappa shape index (κ1) is 12.8. The van der Waals surface area contributed by atoms with Crippen molar-refractivity contribution in [2.24, 2.45) is 0 Å². The zero-order valence-electron chi connectivity index (χ0n) is 9.40. The van der Waals surface area contributed by atoms with E-state index in [1.54, 1.807) is 0 Å². The van der Waals surface area contributed by atoms with Crippen molar-refractivity contribution in [3.05, 3.63) is 34.6 Å². The minimum absolute atomic E-state index is 0.00367. The molecular weight excluding hydrogens is 261 g/mol. The average molecular weight is 272 g/mol. The van der Waals surface area contributed by atoms with Gasteiger partial charge in [-0.1, -0.05) is 17.7 Å². The van der Waals surface area contributed by atoms with Gasteiger partial charge in [0.15, 0.2) is 0 Å². The lowest BCUT2D eigenvalue weighted by molar-refractivity contribution is -0.141. The van der Waals surface area contributed by atoms with Crippen LogP contribution in [0.15, 0.2) is 18.2 Å². The molecule has 2 rings (SSSR count). The quantitative estimate of drug-likeness (QED) is 0.897. The summed E-state index contributed by atoms with van der Waals surface area (Å²) in [6.45, 7) is 0.306. The molecule has 1 aromatic carbocycles. The number of likely N-dealkylation sites (tertiary alicyclic amines) is 1. The number of nitrogens with zero attached hydrogens (tertiary/aromatic N) is 1. The van der Waals surface area contributed by atoms with E-state index in [0.29, 0.717) is 19.4 Å². The fraction of sp³-hybridized carbons (Fsp3) is 0.333. The zero-order chi connectivity index (χ0) is 13.3. The molecule has 0 unspecified atom stereocenters. The third-order valence-corrected chi connectivity index (χ3v) is 3.29. The first-order chi connectivity index (χ1) is 8.52. The predicted molar refractivity (Wildman–Crippen MR) is 63.1 cm³/mol. The summed E-state index contributed by atoms with van der Waals surface area (Å²) in [5.74, 6) is -2.47. The number of rotatable bonds is 2. The number of halogens is 2. The number of carbonyl (C=O) groups is 2. The number of hydrogen-bond acceptors (Lipinski definition) is 2. The summed E-state index contributed by atoms with van der Waals surface area (Å²) >= 11 is 5.80. The number of carboxylic acids is 1. The molecule has 0 aliphatic carbocycles. The van der Waals surface area contributed by atoms with Crippen molar-refractivity contribution in [2.75, 3.05) is 6.54 Å². The molecule has 1 fully saturated rings. The average Bonchev–Trinajstić information content (AvgIpc) is 2.77. The summed E-state index contributed by atoms with van der Waals surface area (Å²) in [4.78, 5) is 24.3. The van der Waals surface area contributed by atoms with Gasteiger partial charge in [0, 0.05) is 6.54 Å². The number of benzene rings is 1. The minimum Gasteiger partial charge on any atom is -0.480 e. The van der Waals surface area contributed by atoms with E-state index in [2.05, 4.69) is 0 Å². The summed E-state index contributed by atoms with van der Waals surface area (Å²) < 4.78 is 13.6. The van der Waals surface area contributed by atoms with Gasteiger partial charge in [-0.3, -0.25) is 4.79 Å². The maximum absolute atomic E-state index is 13.6. The second-order valence-electron chi connectivity index (χ2n) is 4.09. The standard InChI is InChI=1S/C12H11ClFNO3/c13-7-3-1-4-8(14)10(7)11(16)15-6-2-5-9(15)12(17)18/h1,3-4,9H,2,5-6H2,(H,17,18)/t9-/m1/s1. The highest BCUT2D eigenvalue weighted by Gasteiger charge is 2.36. The summed E-state index contributed by atoms with van der Waals surface area (Å²) in [5, 5.41) is 8.99. The second-order valence-corrected chi connectivity index (χ2v) is 4.50. The molecule has 0 aromatic heterocycles. The minimum atomic E-state index is -1.08. The molecule has 1 aromatic rings. The smallest absolute Gasteiger partial charge is 0.326 e. The highest BCUT2D eigenvalue weighted by molar-refractivity contribution is 6.33. The van der Waals surface area contributed by atoms with E-state index in [-0.39, 0.29) is 10.6 Å². The first-order valence-corrected chi connectivity index (χ1v) is 5.88. The van der Waals surface area contributed by atoms with Crippen molar-refractivity contribution in [1.82, 2.24) is 4.90 Å². The molecule has 1 atom stereocenters. The highest BCUT2D eigenvalue weighted by atomic mass is 35.5. The Morgan fingerprint density at radius 3 is 2.78 bits per heavy atom. The predicted octanol–water partition coefficient (Wildman–Crippen LogP) is 2.17. The molecule has 0 radical (unpaired) electrons. The van der Waals surface area contributed by atoms with Crippen LogP contribution in [-0.2, 0) is 4.79 Å². The van der Waals surface area contributed by atoms with Crippen LogP contribution in [0.1, 0.15) is 23.2 Å². The van der Waals surface area contributed by atoms with Crippen LogP contribution < -0.4 is 0 Å². The molecule has 0 saturated carbocycles. The normalized spacial score (nSPS) is 19.0. The Morgan fingerprint density at radius 1 is 1.44 bits per heavy atom. The fourth-order valence-electron chi connectivity index (χ4n) is 2.11. The molecule has 1 aliphatic rings. The van der Waals surface area contributed by atoms with Gasteiger partial charge in [-0.15, -0.1) is 0 Å². The SMILES string of the molecule is O=C(O)[C@H]1CCCN1C(=O)c1c(F)cccc1Cl. The van der Waals surface area contributed by atoms with Gasteiger partial charge in [-0.2, -0.15) is 0 Å². The number of hydrogen-bond donors (Lipinski definition) is 1. The van der Waals surface area contributed by atoms with Crippen molar-refractivity contribution < 1.29 is 19.1 Å². The van der Waals surface area contributed by atoms with Gasteiger partial charge in [0.25, 0.3) is 5.91 Å². The van der Waals surface area contributed by atoms with E-state index in [1.807, 2.05) is 0 Å². The van der Waals surface area contributed by atoms with E-state index in [0.717, 1.165) is 11.0 Å². The number of amides is 1. The maximum Gasteiger partial charge on any atom is 0.326 e. The van der Waals surface area contributed by atoms with Crippen LogP contribution in [0.5, 0.6) is 0 Å². The Kier molecular flexibility index (Phi) is 3.52. The van der Waals surface area contributed by atoms with Gasteiger partial charge in [-0.05, 0) is 25.0 Å². The first-order valence-electron chi connectivity index (χ1n) is 5.50. The molecule has 4 nitrogen and oxygen atoms in total. The third kappa shape index (κ3) is 2.18. The summed E-state index contributed by atoms with van der Waals surface area (Å²) in [5.41, 5.74) is -0.257. The van der Waals surface area contributed by atoms with Crippen LogP contribution in [0.4, 0.5) is 4.39 Å². The molecule has 1 N–H and O–H groups in total. The van der Waals surface area contributed by atoms with Crippen LogP contribution in [0.25, 0.3) is 0 Å². The number of aliphatic carboxylic acids is 1. The Hall–Kier alpha value is -1.62. The van der Waals surface area contributed by atoms with Crippen LogP contribution >= 0.6 is 11.6 Å². The van der Waals surface area contributed by atoms with Gasteiger partial charge in [0.2, 0.25) is 0 Å². The summed E-state index contributed by atoms with van der Waals surface area (Å²) in [6, 6.07) is 3.04. The molecule has 0 bridgehead atoms. The van der Waals surface area contributed by atoms with Crippen LogP contribution in [-0.4, -0.2) is 34.5 Å². The van der Waals surface area contributed by atoms with Crippen LogP contribution in [0.2, 0.25) is 5.02 Å². The van der Waals surface area contributed by atoms with Crippen LogP contribution in [0.3, 0.4) is 0 Å². The molecule has 6 heteroatoms. The second kappa shape index (κ2) is 4.94. The van der Waals surface area contributed by atoms with Crippen molar-refractivity contribution in [2.45, 2.75) is 18.9 Å². The van der Waals surface area contributed by atoms with Gasteiger partial charge < -0.3 is 10.0 Å². The monoisotopic (exact) mass is 271 g/mol. The van der Waals surface area contributed by atoms with E-state index in [9.17, 15) is 14.0 Å². The lowest BCUT2D eigenvalue weighted by Gasteiger charge is -2.22. The molecule has 0 spiro atoms. The lowest BCUT2D eigenvalue weighted by atomic mass is 10.1. The Morgan fingerprint density at radius 2 is 2.17 bits per heavy atom. The summed E-state index contributed by atoms with van der Waals surface area (Å²) in [7, 11) is 0. The number of carboxylic acid groups (broad SMARTS) is 1. The van der Waals surface area contributed by atoms with Crippen molar-refractivity contribution in [1.29, 1.82) is 0 Å². The Bertz CT molecular complexity index is 486. The Labute approximate surface area is 108 Å². The van der Waals surface area contributed by atoms with E-state index < -0.39 is 23.7 Å². The summed E-state index contributed by atoms with van der Waals surface area (Å²) in [6.07, 6.45) is 0.974. The topological polar surface area (TPSA) is 57.6 Å². The van der Waals surface area contributed by atoms with Gasteiger partial charge in [0.1, 0.15) is 11.9 Å². The largest absolute Gasteiger partial charge is 0.480 e. The Balaban J connectivity index is 2.34. The molecule has 1 amide bonds. The lowest BCUT2D eigenvalue weighted by Crippen LogP contribution is -2.40. The molecule has 18 heavy (non-hydrogen) atoms. The van der Waals surface area contributed by atoms with Crippen molar-refractivity contribution >= 4 is 23.5 Å². The third-order valence-electron chi connectivity index (χ3n) is 2.98. The van der Waals surface area contributed by atoms with E-state index in [1.165, 1.54) is 12.1 Å². The van der Waals surface area contributed by atoms with Crippen molar-refractivity contribution in [3.8, 4) is 0 Å². The van der Waals surface area contributed by atoms with E-state index >= 15 is 0 Å². The fourth-order valence-corrected chi connectivity index (χ4v) is 2.36. The maximum atomic E-state index is 13.6. The van der Waals surface area contributed by atoms with Gasteiger partial charge in [0.05, 0.1) is 10.6 Å². The van der Waals surface area contributed by atoms with E-state index in [4.69, 9.17) is 16.7 Å². The zero-order valence-corrected chi connectivity index (χ0v) is 10.2. The highest BCUT2D eigenvalue weighted by Crippen LogP contribution is 2.25. The van der Waals surface area contributed by atoms with Gasteiger partial charge in [-0.25, -0.2) is 9.18 Å².